The van der Waals surface area contributed by atoms with E-state index in [0.717, 1.165) is 5.56 Å². The van der Waals surface area contributed by atoms with Crippen LogP contribution in [0.15, 0.2) is 48.5 Å². The van der Waals surface area contributed by atoms with Gasteiger partial charge in [-0.3, -0.25) is 4.79 Å². The monoisotopic (exact) mass is 348 g/mol. The molecule has 6 heteroatoms. The topological polar surface area (TPSA) is 44.8 Å². The predicted molar refractivity (Wildman–Crippen MR) is 90.6 cm³/mol. The first kappa shape index (κ1) is 18.4. The third-order valence-corrected chi connectivity index (χ3v) is 3.30. The van der Waals surface area contributed by atoms with Crippen LogP contribution in [-0.2, 0) is 0 Å². The van der Waals surface area contributed by atoms with Crippen LogP contribution in [0.5, 0.6) is 17.2 Å². The Kier molecular flexibility index (Phi) is 6.51. The predicted octanol–water partition coefficient (Wildman–Crippen LogP) is 4.59. The zero-order valence-corrected chi connectivity index (χ0v) is 13.9. The molecule has 0 saturated carbocycles. The molecular formula is C19H18F2O4. The zero-order valence-electron chi connectivity index (χ0n) is 13.9. The molecule has 0 aromatic heterocycles. The quantitative estimate of drug-likeness (QED) is 0.517. The van der Waals surface area contributed by atoms with Crippen LogP contribution in [0.25, 0.3) is 6.08 Å². The summed E-state index contributed by atoms with van der Waals surface area (Å²) in [5.41, 5.74) is 1.06. The molecule has 132 valence electrons. The first-order valence-corrected chi connectivity index (χ1v) is 7.62. The molecule has 0 aliphatic rings. The molecule has 0 aliphatic carbocycles. The summed E-state index contributed by atoms with van der Waals surface area (Å²) in [5, 5.41) is 0. The first-order valence-electron chi connectivity index (χ1n) is 7.62. The highest BCUT2D eigenvalue weighted by molar-refractivity contribution is 6.07. The number of carbonyl (C=O) groups is 1. The van der Waals surface area contributed by atoms with Gasteiger partial charge < -0.3 is 14.2 Å². The maximum Gasteiger partial charge on any atom is 0.387 e. The van der Waals surface area contributed by atoms with E-state index in [1.54, 1.807) is 6.08 Å². The van der Waals surface area contributed by atoms with E-state index in [9.17, 15) is 13.6 Å². The van der Waals surface area contributed by atoms with Gasteiger partial charge in [0.25, 0.3) is 0 Å². The van der Waals surface area contributed by atoms with Gasteiger partial charge in [0.15, 0.2) is 17.3 Å². The fraction of sp³-hybridized carbons (Fsp3) is 0.211. The Hall–Kier alpha value is -2.89. The molecule has 0 radical (unpaired) electrons. The number of allylic oxidation sites excluding steroid dienone is 1. The second kappa shape index (κ2) is 8.82. The highest BCUT2D eigenvalue weighted by Crippen LogP contribution is 2.30. The molecular weight excluding hydrogens is 330 g/mol. The molecule has 4 nitrogen and oxygen atoms in total. The van der Waals surface area contributed by atoms with Crippen LogP contribution in [-0.4, -0.2) is 26.1 Å². The van der Waals surface area contributed by atoms with Crippen molar-refractivity contribution in [2.75, 3.05) is 13.7 Å². The number of halogens is 2. The molecule has 0 spiro atoms. The van der Waals surface area contributed by atoms with E-state index >= 15 is 0 Å². The second-order valence-corrected chi connectivity index (χ2v) is 4.91. The van der Waals surface area contributed by atoms with E-state index in [2.05, 4.69) is 4.74 Å². The minimum atomic E-state index is -2.97. The van der Waals surface area contributed by atoms with Crippen LogP contribution in [0.2, 0.25) is 0 Å². The molecule has 0 unspecified atom stereocenters. The molecule has 0 fully saturated rings. The number of methoxy groups -OCH3 is 1. The Morgan fingerprint density at radius 2 is 1.88 bits per heavy atom. The van der Waals surface area contributed by atoms with Crippen LogP contribution < -0.4 is 14.2 Å². The summed E-state index contributed by atoms with van der Waals surface area (Å²) in [5.74, 6) is 0.314. The van der Waals surface area contributed by atoms with Gasteiger partial charge in [0.2, 0.25) is 0 Å². The average molecular weight is 348 g/mol. The lowest BCUT2D eigenvalue weighted by molar-refractivity contribution is -0.0512. The fourth-order valence-electron chi connectivity index (χ4n) is 2.18. The molecule has 0 aliphatic heterocycles. The molecule has 0 amide bonds. The van der Waals surface area contributed by atoms with Crippen molar-refractivity contribution in [2.45, 2.75) is 13.5 Å². The number of carbonyl (C=O) groups excluding carboxylic acids is 1. The highest BCUT2D eigenvalue weighted by atomic mass is 19.3. The minimum Gasteiger partial charge on any atom is -0.493 e. The maximum absolute atomic E-state index is 12.3. The fourth-order valence-corrected chi connectivity index (χ4v) is 2.18. The number of alkyl halides is 2. The van der Waals surface area contributed by atoms with Gasteiger partial charge in [-0.2, -0.15) is 8.78 Å². The van der Waals surface area contributed by atoms with Crippen molar-refractivity contribution in [1.82, 2.24) is 0 Å². The molecule has 0 N–H and O–H groups in total. The summed E-state index contributed by atoms with van der Waals surface area (Å²) in [4.78, 5) is 12.3. The van der Waals surface area contributed by atoms with Gasteiger partial charge in [0.05, 0.1) is 13.7 Å². The summed E-state index contributed by atoms with van der Waals surface area (Å²) in [6.45, 7) is -0.576. The van der Waals surface area contributed by atoms with Crippen molar-refractivity contribution < 1.29 is 27.8 Å². The molecule has 2 aromatic rings. The summed E-state index contributed by atoms with van der Waals surface area (Å²) in [7, 11) is 1.32. The lowest BCUT2D eigenvalue weighted by Gasteiger charge is -2.10. The van der Waals surface area contributed by atoms with Crippen LogP contribution in [0.1, 0.15) is 22.8 Å². The SMILES string of the molecule is CCOc1ccccc1C=CC(=O)c1ccc(OC(F)F)c(OC)c1. The number of benzene rings is 2. The Morgan fingerprint density at radius 3 is 2.56 bits per heavy atom. The number of ketones is 1. The second-order valence-electron chi connectivity index (χ2n) is 4.91. The van der Waals surface area contributed by atoms with Gasteiger partial charge in [0.1, 0.15) is 5.75 Å². The van der Waals surface area contributed by atoms with Gasteiger partial charge in [-0.05, 0) is 43.3 Å². The molecule has 25 heavy (non-hydrogen) atoms. The zero-order chi connectivity index (χ0) is 18.2. The van der Waals surface area contributed by atoms with Gasteiger partial charge in [0, 0.05) is 11.1 Å². The van der Waals surface area contributed by atoms with Crippen LogP contribution in [0.4, 0.5) is 8.78 Å². The third-order valence-electron chi connectivity index (χ3n) is 3.30. The van der Waals surface area contributed by atoms with Gasteiger partial charge in [-0.25, -0.2) is 0 Å². The normalized spacial score (nSPS) is 10.9. The van der Waals surface area contributed by atoms with E-state index in [1.165, 1.54) is 31.4 Å². The Labute approximate surface area is 144 Å². The van der Waals surface area contributed by atoms with E-state index in [0.29, 0.717) is 17.9 Å². The standard InChI is InChI=1S/C19H18F2O4/c1-3-24-16-7-5-4-6-13(16)8-10-15(22)14-9-11-17(25-19(20)21)18(12-14)23-2/h4-12,19H,3H2,1-2H3. The number of hydrogen-bond donors (Lipinski definition) is 0. The summed E-state index contributed by atoms with van der Waals surface area (Å²) >= 11 is 0. The summed E-state index contributed by atoms with van der Waals surface area (Å²) in [6.07, 6.45) is 3.03. The Morgan fingerprint density at radius 1 is 1.12 bits per heavy atom. The minimum absolute atomic E-state index is 0.0641. The molecule has 2 aromatic carbocycles. The number of hydrogen-bond acceptors (Lipinski definition) is 4. The van der Waals surface area contributed by atoms with E-state index < -0.39 is 6.61 Å². The molecule has 0 bridgehead atoms. The lowest BCUT2D eigenvalue weighted by atomic mass is 10.1. The lowest BCUT2D eigenvalue weighted by Crippen LogP contribution is -2.04. The van der Waals surface area contributed by atoms with E-state index in [4.69, 9.17) is 9.47 Å². The van der Waals surface area contributed by atoms with E-state index in [-0.39, 0.29) is 17.3 Å². The molecule has 0 atom stereocenters. The molecule has 0 heterocycles. The Balaban J connectivity index is 2.21. The largest absolute Gasteiger partial charge is 0.493 e. The van der Waals surface area contributed by atoms with Crippen molar-refractivity contribution in [3.05, 3.63) is 59.7 Å². The Bertz CT molecular complexity index is 757. The van der Waals surface area contributed by atoms with Crippen LogP contribution >= 0.6 is 0 Å². The number of ether oxygens (including phenoxy) is 3. The van der Waals surface area contributed by atoms with Crippen LogP contribution in [0.3, 0.4) is 0 Å². The van der Waals surface area contributed by atoms with Crippen molar-refractivity contribution in [1.29, 1.82) is 0 Å². The van der Waals surface area contributed by atoms with Gasteiger partial charge >= 0.3 is 6.61 Å². The number of para-hydroxylation sites is 1. The average Bonchev–Trinajstić information content (AvgIpc) is 2.61. The van der Waals surface area contributed by atoms with Crippen molar-refractivity contribution in [3.8, 4) is 17.2 Å². The first-order chi connectivity index (χ1) is 12.0. The van der Waals surface area contributed by atoms with Crippen LogP contribution in [0, 0.1) is 0 Å². The van der Waals surface area contributed by atoms with Gasteiger partial charge in [-0.15, -0.1) is 0 Å². The summed E-state index contributed by atoms with van der Waals surface area (Å²) in [6, 6.07) is 11.4. The van der Waals surface area contributed by atoms with E-state index in [1.807, 2.05) is 31.2 Å². The number of rotatable bonds is 8. The maximum atomic E-state index is 12.3. The van der Waals surface area contributed by atoms with Crippen molar-refractivity contribution in [2.24, 2.45) is 0 Å². The molecule has 2 rings (SSSR count). The molecule has 0 saturated heterocycles. The van der Waals surface area contributed by atoms with Gasteiger partial charge in [-0.1, -0.05) is 18.2 Å². The van der Waals surface area contributed by atoms with Crippen molar-refractivity contribution >= 4 is 11.9 Å². The van der Waals surface area contributed by atoms with Crippen molar-refractivity contribution in [3.63, 3.8) is 0 Å². The smallest absolute Gasteiger partial charge is 0.387 e. The third kappa shape index (κ3) is 5.04. The highest BCUT2D eigenvalue weighted by Gasteiger charge is 2.13. The summed E-state index contributed by atoms with van der Waals surface area (Å²) < 4.78 is 39.5.